The van der Waals surface area contributed by atoms with Crippen molar-refractivity contribution in [2.24, 2.45) is 0 Å². The SMILES string of the molecule is COc1ccc(-[n+]2[nH]oc(=O)c2C(=O)CSc2nc(N)c(C#N)c(-c3cc(OC)c(OC)c(OC)c3)c2C#N)cc1. The van der Waals surface area contributed by atoms with E-state index in [9.17, 15) is 20.1 Å². The highest BCUT2D eigenvalue weighted by Crippen LogP contribution is 2.44. The van der Waals surface area contributed by atoms with E-state index in [-0.39, 0.29) is 50.5 Å². The molecule has 4 aromatic rings. The van der Waals surface area contributed by atoms with Crippen LogP contribution in [-0.2, 0) is 0 Å². The number of rotatable bonds is 10. The lowest BCUT2D eigenvalue weighted by atomic mass is 9.96. The molecule has 14 heteroatoms. The van der Waals surface area contributed by atoms with E-state index in [1.54, 1.807) is 36.4 Å². The fraction of sp³-hybridized carbons (Fsp3) is 0.185. The van der Waals surface area contributed by atoms with Crippen molar-refractivity contribution < 1.29 is 32.9 Å². The minimum atomic E-state index is -0.877. The number of nitrogens with one attached hydrogen (secondary N) is 1. The summed E-state index contributed by atoms with van der Waals surface area (Å²) < 4.78 is 27.4. The van der Waals surface area contributed by atoms with E-state index in [1.807, 2.05) is 6.07 Å². The number of thioether (sulfide) groups is 1. The number of aromatic nitrogens is 3. The molecule has 0 bridgehead atoms. The van der Waals surface area contributed by atoms with Crippen LogP contribution in [0.4, 0.5) is 5.82 Å². The molecule has 0 saturated heterocycles. The molecular formula is C27H23N6O7S+. The average molecular weight is 576 g/mol. The van der Waals surface area contributed by atoms with Crippen molar-refractivity contribution in [3.63, 3.8) is 0 Å². The zero-order chi connectivity index (χ0) is 29.7. The third-order valence-corrected chi connectivity index (χ3v) is 6.93. The van der Waals surface area contributed by atoms with Crippen molar-refractivity contribution in [3.8, 4) is 52.0 Å². The molecule has 2 aromatic carbocycles. The first-order valence-corrected chi connectivity index (χ1v) is 12.7. The Morgan fingerprint density at radius 1 is 1.02 bits per heavy atom. The highest BCUT2D eigenvalue weighted by molar-refractivity contribution is 8.00. The van der Waals surface area contributed by atoms with Crippen LogP contribution >= 0.6 is 11.8 Å². The van der Waals surface area contributed by atoms with Crippen LogP contribution in [0.2, 0.25) is 0 Å². The normalized spacial score (nSPS) is 10.4. The van der Waals surface area contributed by atoms with Gasteiger partial charge in [0.2, 0.25) is 17.2 Å². The number of carbonyl (C=O) groups is 1. The summed E-state index contributed by atoms with van der Waals surface area (Å²) in [5.74, 6) is 0.408. The van der Waals surface area contributed by atoms with Crippen molar-refractivity contribution in [2.75, 3.05) is 39.9 Å². The highest BCUT2D eigenvalue weighted by Gasteiger charge is 2.31. The van der Waals surface area contributed by atoms with Gasteiger partial charge in [0.05, 0.1) is 39.8 Å². The van der Waals surface area contributed by atoms with Gasteiger partial charge in [-0.2, -0.15) is 10.5 Å². The number of anilines is 1. The van der Waals surface area contributed by atoms with Gasteiger partial charge in [0.15, 0.2) is 11.5 Å². The zero-order valence-corrected chi connectivity index (χ0v) is 23.1. The number of hydrogen-bond donors (Lipinski definition) is 2. The van der Waals surface area contributed by atoms with Crippen LogP contribution in [0.25, 0.3) is 16.8 Å². The van der Waals surface area contributed by atoms with Gasteiger partial charge in [-0.1, -0.05) is 11.8 Å². The monoisotopic (exact) mass is 575 g/mol. The molecule has 41 heavy (non-hydrogen) atoms. The van der Waals surface area contributed by atoms with Gasteiger partial charge < -0.3 is 24.7 Å². The van der Waals surface area contributed by atoms with Crippen LogP contribution in [0.5, 0.6) is 23.0 Å². The summed E-state index contributed by atoms with van der Waals surface area (Å²) in [6, 6.07) is 13.8. The minimum Gasteiger partial charge on any atom is -0.497 e. The number of aromatic amines is 1. The van der Waals surface area contributed by atoms with Crippen molar-refractivity contribution in [3.05, 3.63) is 63.6 Å². The van der Waals surface area contributed by atoms with Gasteiger partial charge in [0.25, 0.3) is 0 Å². The third kappa shape index (κ3) is 5.36. The Hall–Kier alpha value is -5.47. The molecule has 0 fully saturated rings. The van der Waals surface area contributed by atoms with E-state index in [4.69, 9.17) is 29.2 Å². The number of ketones is 1. The molecule has 0 aliphatic carbocycles. The second kappa shape index (κ2) is 12.1. The number of ether oxygens (including phenoxy) is 4. The number of pyridine rings is 1. The number of methoxy groups -OCH3 is 4. The van der Waals surface area contributed by atoms with Gasteiger partial charge in [-0.25, -0.2) is 9.78 Å². The third-order valence-electron chi connectivity index (χ3n) is 5.95. The number of H-pyrrole nitrogens is 1. The Bertz CT molecular complexity index is 1740. The van der Waals surface area contributed by atoms with Crippen LogP contribution in [0, 0.1) is 22.7 Å². The second-order valence-electron chi connectivity index (χ2n) is 8.14. The van der Waals surface area contributed by atoms with Gasteiger partial charge in [0.1, 0.15) is 34.3 Å². The van der Waals surface area contributed by atoms with Gasteiger partial charge in [0, 0.05) is 17.7 Å². The number of nitrogen functional groups attached to an aromatic ring is 1. The molecule has 0 amide bonds. The van der Waals surface area contributed by atoms with Gasteiger partial charge in [-0.3, -0.25) is 9.32 Å². The summed E-state index contributed by atoms with van der Waals surface area (Å²) in [5.41, 5.74) is 5.92. The largest absolute Gasteiger partial charge is 0.497 e. The number of carbonyl (C=O) groups excluding carboxylic acids is 1. The zero-order valence-electron chi connectivity index (χ0n) is 22.3. The van der Waals surface area contributed by atoms with Crippen LogP contribution in [0.1, 0.15) is 21.6 Å². The molecule has 0 atom stereocenters. The number of benzene rings is 2. The van der Waals surface area contributed by atoms with E-state index in [0.29, 0.717) is 22.7 Å². The number of nitriles is 2. The summed E-state index contributed by atoms with van der Waals surface area (Å²) >= 11 is 0.879. The number of hydrogen-bond acceptors (Lipinski definition) is 12. The summed E-state index contributed by atoms with van der Waals surface area (Å²) in [4.78, 5) is 29.9. The van der Waals surface area contributed by atoms with Crippen LogP contribution in [-0.4, -0.2) is 50.2 Å². The maximum absolute atomic E-state index is 13.2. The molecule has 0 unspecified atom stereocenters. The predicted octanol–water partition coefficient (Wildman–Crippen LogP) is 2.64. The quantitative estimate of drug-likeness (QED) is 0.160. The smallest absolute Gasteiger partial charge is 0.438 e. The Labute approximate surface area is 237 Å². The minimum absolute atomic E-state index is 0.00745. The van der Waals surface area contributed by atoms with Gasteiger partial charge in [-0.15, -0.1) is 0 Å². The van der Waals surface area contributed by atoms with Gasteiger partial charge >= 0.3 is 11.3 Å². The molecule has 13 nitrogen and oxygen atoms in total. The van der Waals surface area contributed by atoms with E-state index >= 15 is 0 Å². The van der Waals surface area contributed by atoms with Gasteiger partial charge in [-0.05, 0) is 39.8 Å². The van der Waals surface area contributed by atoms with Crippen LogP contribution in [0.15, 0.2) is 50.7 Å². The first kappa shape index (κ1) is 28.5. The molecule has 0 radical (unpaired) electrons. The number of Topliss-reactive ketones (excluding diaryl/α,β-unsaturated/α-hetero) is 1. The number of nitrogens with zero attached hydrogens (tertiary/aromatic N) is 4. The maximum Gasteiger partial charge on any atom is 0.438 e. The van der Waals surface area contributed by atoms with Crippen LogP contribution < -0.4 is 35.0 Å². The molecular weight excluding hydrogens is 552 g/mol. The van der Waals surface area contributed by atoms with Crippen molar-refractivity contribution in [2.45, 2.75) is 5.03 Å². The standard InChI is InChI=1S/C27H22N6O7S/c1-36-16-7-5-15(6-8-16)33-23(27(35)40-32-33)19(34)13-41-26-18(12-29)22(17(11-28)25(30)31-26)14-9-20(37-2)24(39-4)21(10-14)38-3/h5-10H,13H2,1-4H3,(H2-,30,31,32,34,35)/p+1. The first-order chi connectivity index (χ1) is 19.8. The molecule has 2 aromatic heterocycles. The summed E-state index contributed by atoms with van der Waals surface area (Å²) in [6.45, 7) is 0. The maximum atomic E-state index is 13.2. The lowest BCUT2D eigenvalue weighted by Crippen LogP contribution is -2.41. The summed E-state index contributed by atoms with van der Waals surface area (Å²) in [6.07, 6.45) is 0. The fourth-order valence-corrected chi connectivity index (χ4v) is 4.90. The lowest BCUT2D eigenvalue weighted by molar-refractivity contribution is -0.672. The molecule has 208 valence electrons. The lowest BCUT2D eigenvalue weighted by Gasteiger charge is -2.17. The molecule has 0 aliphatic rings. The number of nitrogens with two attached hydrogens (primary N) is 1. The van der Waals surface area contributed by atoms with Crippen LogP contribution in [0.3, 0.4) is 0 Å². The Kier molecular flexibility index (Phi) is 8.45. The molecule has 0 aliphatic heterocycles. The molecule has 2 heterocycles. The summed E-state index contributed by atoms with van der Waals surface area (Å²) in [5, 5.41) is 22.5. The highest BCUT2D eigenvalue weighted by atomic mass is 32.2. The predicted molar refractivity (Wildman–Crippen MR) is 146 cm³/mol. The van der Waals surface area contributed by atoms with Crippen molar-refractivity contribution >= 4 is 23.4 Å². The molecule has 4 rings (SSSR count). The Morgan fingerprint density at radius 3 is 2.20 bits per heavy atom. The molecule has 3 N–H and O–H groups in total. The second-order valence-corrected chi connectivity index (χ2v) is 9.10. The van der Waals surface area contributed by atoms with E-state index in [0.717, 1.165) is 11.8 Å². The van der Waals surface area contributed by atoms with E-state index in [2.05, 4.69) is 16.3 Å². The summed E-state index contributed by atoms with van der Waals surface area (Å²) in [7, 11) is 5.82. The average Bonchev–Trinajstić information content (AvgIpc) is 3.39. The van der Waals surface area contributed by atoms with Crippen molar-refractivity contribution in [1.82, 2.24) is 10.3 Å². The molecule has 0 saturated carbocycles. The Balaban J connectivity index is 1.76. The molecule has 0 spiro atoms. The van der Waals surface area contributed by atoms with Crippen molar-refractivity contribution in [1.29, 1.82) is 10.5 Å². The Morgan fingerprint density at radius 2 is 1.66 bits per heavy atom. The van der Waals surface area contributed by atoms with E-state index in [1.165, 1.54) is 33.1 Å². The fourth-order valence-electron chi connectivity index (χ4n) is 4.04. The van der Waals surface area contributed by atoms with E-state index < -0.39 is 11.4 Å². The first-order valence-electron chi connectivity index (χ1n) is 11.7. The topological polar surface area (TPSA) is 190 Å².